The average molecular weight is 396 g/mol. The van der Waals surface area contributed by atoms with Crippen LogP contribution in [-0.4, -0.2) is 51.2 Å². The normalized spacial score (nSPS) is 21.4. The summed E-state index contributed by atoms with van der Waals surface area (Å²) < 4.78 is 24.6. The van der Waals surface area contributed by atoms with Gasteiger partial charge in [-0.15, -0.1) is 23.7 Å². The van der Waals surface area contributed by atoms with Crippen LogP contribution < -0.4 is 10.5 Å². The van der Waals surface area contributed by atoms with Gasteiger partial charge in [-0.3, -0.25) is 4.79 Å². The fraction of sp³-hybridized carbons (Fsp3) is 0.667. The highest BCUT2D eigenvalue weighted by Gasteiger charge is 2.30. The summed E-state index contributed by atoms with van der Waals surface area (Å²) >= 11 is 1.43. The molecule has 1 amide bonds. The van der Waals surface area contributed by atoms with Crippen molar-refractivity contribution in [3.8, 4) is 0 Å². The van der Waals surface area contributed by atoms with Gasteiger partial charge < -0.3 is 10.6 Å². The lowest BCUT2D eigenvalue weighted by Gasteiger charge is -2.37. The minimum atomic E-state index is -3.17. The lowest BCUT2D eigenvalue weighted by molar-refractivity contribution is 0.0578. The monoisotopic (exact) mass is 395 g/mol. The van der Waals surface area contributed by atoms with Crippen LogP contribution in [0.2, 0.25) is 0 Å². The van der Waals surface area contributed by atoms with E-state index in [1.54, 1.807) is 0 Å². The van der Waals surface area contributed by atoms with E-state index in [0.717, 1.165) is 30.5 Å². The summed E-state index contributed by atoms with van der Waals surface area (Å²) in [5, 5.41) is 0. The zero-order valence-corrected chi connectivity index (χ0v) is 16.5. The summed E-state index contributed by atoms with van der Waals surface area (Å²) in [5.74, 6) is 0.647. The summed E-state index contributed by atoms with van der Waals surface area (Å²) in [4.78, 5) is 16.3. The second-order valence-corrected chi connectivity index (χ2v) is 9.20. The van der Waals surface area contributed by atoms with E-state index in [-0.39, 0.29) is 24.4 Å². The van der Waals surface area contributed by atoms with Crippen molar-refractivity contribution in [1.82, 2.24) is 9.62 Å². The maximum absolute atomic E-state index is 12.7. The molecular formula is C15H26ClN3O3S2. The lowest BCUT2D eigenvalue weighted by atomic mass is 9.92. The van der Waals surface area contributed by atoms with Gasteiger partial charge in [0.2, 0.25) is 10.0 Å². The van der Waals surface area contributed by atoms with Crippen LogP contribution in [-0.2, 0) is 16.4 Å². The molecule has 1 fully saturated rings. The molecule has 0 spiro atoms. The number of halogens is 1. The molecule has 0 aromatic carbocycles. The molecule has 0 bridgehead atoms. The van der Waals surface area contributed by atoms with Crippen molar-refractivity contribution >= 4 is 39.7 Å². The van der Waals surface area contributed by atoms with Gasteiger partial charge >= 0.3 is 0 Å². The van der Waals surface area contributed by atoms with Gasteiger partial charge in [0.1, 0.15) is 0 Å². The van der Waals surface area contributed by atoms with Crippen LogP contribution in [0.15, 0.2) is 12.1 Å². The quantitative estimate of drug-likeness (QED) is 0.762. The second-order valence-electron chi connectivity index (χ2n) is 6.20. The van der Waals surface area contributed by atoms with Gasteiger partial charge in [-0.1, -0.05) is 6.92 Å². The number of rotatable bonds is 6. The molecule has 0 saturated carbocycles. The highest BCUT2D eigenvalue weighted by Crippen LogP contribution is 2.26. The molecule has 2 heterocycles. The van der Waals surface area contributed by atoms with Crippen LogP contribution in [0, 0.1) is 5.92 Å². The van der Waals surface area contributed by atoms with Gasteiger partial charge in [0, 0.05) is 30.6 Å². The predicted octanol–water partition coefficient (Wildman–Crippen LogP) is 1.46. The Morgan fingerprint density at radius 2 is 2.17 bits per heavy atom. The number of nitrogens with zero attached hydrogens (tertiary/aromatic N) is 1. The number of piperidine rings is 1. The number of sulfonamides is 1. The van der Waals surface area contributed by atoms with E-state index in [0.29, 0.717) is 30.3 Å². The maximum Gasteiger partial charge on any atom is 0.264 e. The van der Waals surface area contributed by atoms with Crippen LogP contribution in [0.1, 0.15) is 34.3 Å². The Kier molecular flexibility index (Phi) is 8.14. The molecule has 1 aromatic heterocycles. The summed E-state index contributed by atoms with van der Waals surface area (Å²) in [5.41, 5.74) is 5.83. The Balaban J connectivity index is 0.00000288. The number of likely N-dealkylation sites (tertiary alicyclic amines) is 1. The SMILES string of the molecule is CC1CCN(C(=O)c2ccc(CCNS(C)(=O)=O)s2)C(CN)C1.Cl. The minimum Gasteiger partial charge on any atom is -0.334 e. The molecule has 1 aliphatic heterocycles. The second kappa shape index (κ2) is 9.15. The van der Waals surface area contributed by atoms with E-state index in [1.807, 2.05) is 17.0 Å². The molecule has 2 atom stereocenters. The van der Waals surface area contributed by atoms with E-state index in [1.165, 1.54) is 11.3 Å². The van der Waals surface area contributed by atoms with Crippen molar-refractivity contribution < 1.29 is 13.2 Å². The largest absolute Gasteiger partial charge is 0.334 e. The van der Waals surface area contributed by atoms with E-state index in [4.69, 9.17) is 5.73 Å². The molecular weight excluding hydrogens is 370 g/mol. The fourth-order valence-electron chi connectivity index (χ4n) is 2.87. The molecule has 0 radical (unpaired) electrons. The van der Waals surface area contributed by atoms with Crippen LogP contribution in [0.5, 0.6) is 0 Å². The number of hydrogen-bond acceptors (Lipinski definition) is 5. The van der Waals surface area contributed by atoms with Crippen molar-refractivity contribution in [2.75, 3.05) is 25.9 Å². The molecule has 2 rings (SSSR count). The number of hydrogen-bond donors (Lipinski definition) is 2. The number of nitrogens with two attached hydrogens (primary N) is 1. The van der Waals surface area contributed by atoms with Crippen molar-refractivity contribution in [2.24, 2.45) is 11.7 Å². The van der Waals surface area contributed by atoms with Crippen LogP contribution >= 0.6 is 23.7 Å². The third kappa shape index (κ3) is 6.00. The molecule has 1 aliphatic rings. The highest BCUT2D eigenvalue weighted by atomic mass is 35.5. The topological polar surface area (TPSA) is 92.5 Å². The smallest absolute Gasteiger partial charge is 0.264 e. The molecule has 1 aromatic rings. The third-order valence-corrected chi connectivity index (χ3v) is 5.98. The van der Waals surface area contributed by atoms with Crippen molar-refractivity contribution in [3.05, 3.63) is 21.9 Å². The van der Waals surface area contributed by atoms with Crippen molar-refractivity contribution in [3.63, 3.8) is 0 Å². The van der Waals surface area contributed by atoms with Gasteiger partial charge in [0.05, 0.1) is 11.1 Å². The Bertz CT molecular complexity index is 648. The van der Waals surface area contributed by atoms with Gasteiger partial charge in [-0.25, -0.2) is 13.1 Å². The molecule has 138 valence electrons. The predicted molar refractivity (Wildman–Crippen MR) is 100 cm³/mol. The molecule has 3 N–H and O–H groups in total. The van der Waals surface area contributed by atoms with E-state index < -0.39 is 10.0 Å². The zero-order chi connectivity index (χ0) is 17.0. The Labute approximate surface area is 154 Å². The first kappa shape index (κ1) is 21.4. The molecule has 2 unspecified atom stereocenters. The summed E-state index contributed by atoms with van der Waals surface area (Å²) in [6.45, 7) is 3.79. The van der Waals surface area contributed by atoms with Gasteiger partial charge in [0.25, 0.3) is 5.91 Å². The molecule has 9 heteroatoms. The molecule has 1 saturated heterocycles. The number of nitrogens with one attached hydrogen (secondary N) is 1. The standard InChI is InChI=1S/C15H25N3O3S2.ClH/c1-11-6-8-18(12(9-11)10-16)15(19)14-4-3-13(22-14)5-7-17-23(2,20)21;/h3-4,11-12,17H,5-10,16H2,1-2H3;1H. The summed E-state index contributed by atoms with van der Waals surface area (Å²) in [6.07, 6.45) is 3.69. The first-order valence-corrected chi connectivity index (χ1v) is 10.6. The summed E-state index contributed by atoms with van der Waals surface area (Å²) in [6, 6.07) is 3.84. The maximum atomic E-state index is 12.7. The fourth-order valence-corrected chi connectivity index (χ4v) is 4.31. The Hall–Kier alpha value is -0.670. The minimum absolute atomic E-state index is 0. The zero-order valence-electron chi connectivity index (χ0n) is 14.0. The Morgan fingerprint density at radius 1 is 1.46 bits per heavy atom. The van der Waals surface area contributed by atoms with Gasteiger partial charge in [0.15, 0.2) is 0 Å². The summed E-state index contributed by atoms with van der Waals surface area (Å²) in [7, 11) is -3.17. The van der Waals surface area contributed by atoms with E-state index >= 15 is 0 Å². The van der Waals surface area contributed by atoms with Gasteiger partial charge in [-0.2, -0.15) is 0 Å². The number of carbonyl (C=O) groups excluding carboxylic acids is 1. The van der Waals surface area contributed by atoms with Crippen molar-refractivity contribution in [2.45, 2.75) is 32.2 Å². The van der Waals surface area contributed by atoms with Crippen molar-refractivity contribution in [1.29, 1.82) is 0 Å². The number of amides is 1. The Morgan fingerprint density at radius 3 is 2.79 bits per heavy atom. The lowest BCUT2D eigenvalue weighted by Crippen LogP contribution is -2.49. The number of carbonyl (C=O) groups is 1. The van der Waals surface area contributed by atoms with Crippen LogP contribution in [0.25, 0.3) is 0 Å². The molecule has 24 heavy (non-hydrogen) atoms. The van der Waals surface area contributed by atoms with E-state index in [2.05, 4.69) is 11.6 Å². The average Bonchev–Trinajstić information content (AvgIpc) is 2.94. The van der Waals surface area contributed by atoms with E-state index in [9.17, 15) is 13.2 Å². The molecule has 0 aliphatic carbocycles. The third-order valence-electron chi connectivity index (χ3n) is 4.12. The molecule has 6 nitrogen and oxygen atoms in total. The number of thiophene rings is 1. The van der Waals surface area contributed by atoms with Gasteiger partial charge in [-0.05, 0) is 37.3 Å². The highest BCUT2D eigenvalue weighted by molar-refractivity contribution is 7.88. The first-order valence-electron chi connectivity index (χ1n) is 7.84. The first-order chi connectivity index (χ1) is 10.8. The van der Waals surface area contributed by atoms with Crippen LogP contribution in [0.3, 0.4) is 0 Å². The van der Waals surface area contributed by atoms with Crippen LogP contribution in [0.4, 0.5) is 0 Å².